The van der Waals surface area contributed by atoms with Crippen LogP contribution < -0.4 is 5.73 Å². The molecule has 0 aliphatic heterocycles. The molecule has 0 unspecified atom stereocenters. The number of rotatable bonds is 1. The highest BCUT2D eigenvalue weighted by Crippen LogP contribution is 2.14. The monoisotopic (exact) mass is 216 g/mol. The maximum Gasteiger partial charge on any atom is 0.253 e. The summed E-state index contributed by atoms with van der Waals surface area (Å²) in [5, 5.41) is 0. The zero-order valence-corrected chi connectivity index (χ0v) is 9.87. The fraction of sp³-hybridized carbons (Fsp3) is 0.308. The Hall–Kier alpha value is -1.79. The number of amides is 1. The molecule has 0 aliphatic rings. The lowest BCUT2D eigenvalue weighted by Gasteiger charge is -2.13. The van der Waals surface area contributed by atoms with Crippen LogP contribution in [0, 0.1) is 18.8 Å². The summed E-state index contributed by atoms with van der Waals surface area (Å²) in [6.07, 6.45) is 0. The number of hydrogen-bond donors (Lipinski definition) is 1. The lowest BCUT2D eigenvalue weighted by Crippen LogP contribution is -2.22. The van der Waals surface area contributed by atoms with Crippen molar-refractivity contribution in [2.24, 2.45) is 5.73 Å². The average Bonchev–Trinajstić information content (AvgIpc) is 2.26. The molecule has 1 rings (SSSR count). The normalized spacial score (nSPS) is 9.25. The van der Waals surface area contributed by atoms with Crippen LogP contribution in [0.2, 0.25) is 0 Å². The summed E-state index contributed by atoms with van der Waals surface area (Å²) in [7, 11) is 3.47. The van der Waals surface area contributed by atoms with Crippen molar-refractivity contribution >= 4 is 5.91 Å². The zero-order valence-electron chi connectivity index (χ0n) is 9.87. The van der Waals surface area contributed by atoms with Gasteiger partial charge >= 0.3 is 0 Å². The molecule has 0 saturated heterocycles. The number of carbonyl (C=O) groups excluding carboxylic acids is 1. The molecule has 84 valence electrons. The first kappa shape index (κ1) is 12.3. The molecular formula is C13H16N2O. The van der Waals surface area contributed by atoms with Gasteiger partial charge in [0.15, 0.2) is 0 Å². The number of benzene rings is 1. The third kappa shape index (κ3) is 2.62. The van der Waals surface area contributed by atoms with Crippen molar-refractivity contribution in [3.05, 3.63) is 34.9 Å². The highest BCUT2D eigenvalue weighted by Gasteiger charge is 2.12. The van der Waals surface area contributed by atoms with Crippen LogP contribution in [0.4, 0.5) is 0 Å². The Morgan fingerprint density at radius 2 is 2.12 bits per heavy atom. The van der Waals surface area contributed by atoms with Gasteiger partial charge in [-0.2, -0.15) is 0 Å². The van der Waals surface area contributed by atoms with E-state index in [4.69, 9.17) is 5.73 Å². The molecule has 1 aromatic rings. The van der Waals surface area contributed by atoms with Crippen molar-refractivity contribution in [2.45, 2.75) is 6.92 Å². The minimum atomic E-state index is -0.00565. The summed E-state index contributed by atoms with van der Waals surface area (Å²) in [4.78, 5) is 13.4. The molecule has 0 bridgehead atoms. The van der Waals surface area contributed by atoms with E-state index in [0.717, 1.165) is 11.1 Å². The van der Waals surface area contributed by atoms with E-state index in [2.05, 4.69) is 11.8 Å². The molecule has 1 aromatic carbocycles. The van der Waals surface area contributed by atoms with Crippen LogP contribution in [-0.2, 0) is 0 Å². The maximum atomic E-state index is 11.8. The Morgan fingerprint density at radius 3 is 2.69 bits per heavy atom. The second kappa shape index (κ2) is 5.34. The third-order valence-electron chi connectivity index (χ3n) is 2.30. The van der Waals surface area contributed by atoms with Gasteiger partial charge in [-0.15, -0.1) is 0 Å². The summed E-state index contributed by atoms with van der Waals surface area (Å²) in [5.74, 6) is 5.75. The quantitative estimate of drug-likeness (QED) is 0.712. The van der Waals surface area contributed by atoms with Gasteiger partial charge in [-0.05, 0) is 24.6 Å². The van der Waals surface area contributed by atoms with Crippen LogP contribution in [0.5, 0.6) is 0 Å². The Bertz CT molecular complexity index is 453. The molecule has 0 radical (unpaired) electrons. The van der Waals surface area contributed by atoms with Gasteiger partial charge in [0, 0.05) is 25.2 Å². The Labute approximate surface area is 96.2 Å². The Morgan fingerprint density at radius 1 is 1.44 bits per heavy atom. The van der Waals surface area contributed by atoms with Crippen molar-refractivity contribution in [1.29, 1.82) is 0 Å². The van der Waals surface area contributed by atoms with Gasteiger partial charge < -0.3 is 10.6 Å². The standard InChI is InChI=1S/C13H16N2O/c1-10-11(7-5-9-14)6-4-8-12(10)13(16)15(2)3/h4,6,8H,9,14H2,1-3H3. The summed E-state index contributed by atoms with van der Waals surface area (Å²) < 4.78 is 0. The van der Waals surface area contributed by atoms with Crippen LogP contribution in [0.25, 0.3) is 0 Å². The smallest absolute Gasteiger partial charge is 0.253 e. The second-order valence-corrected chi connectivity index (χ2v) is 3.68. The van der Waals surface area contributed by atoms with Crippen molar-refractivity contribution in [3.8, 4) is 11.8 Å². The van der Waals surface area contributed by atoms with E-state index in [-0.39, 0.29) is 5.91 Å². The summed E-state index contributed by atoms with van der Waals surface area (Å²) in [5.41, 5.74) is 7.78. The molecule has 16 heavy (non-hydrogen) atoms. The van der Waals surface area contributed by atoms with Gasteiger partial charge in [-0.3, -0.25) is 4.79 Å². The van der Waals surface area contributed by atoms with Crippen molar-refractivity contribution in [3.63, 3.8) is 0 Å². The van der Waals surface area contributed by atoms with Crippen molar-refractivity contribution in [2.75, 3.05) is 20.6 Å². The highest BCUT2D eigenvalue weighted by atomic mass is 16.2. The minimum Gasteiger partial charge on any atom is -0.345 e. The van der Waals surface area contributed by atoms with Gasteiger partial charge in [0.05, 0.1) is 6.54 Å². The van der Waals surface area contributed by atoms with E-state index >= 15 is 0 Å². The van der Waals surface area contributed by atoms with Crippen LogP contribution in [0.1, 0.15) is 21.5 Å². The van der Waals surface area contributed by atoms with Crippen LogP contribution in [0.3, 0.4) is 0 Å². The van der Waals surface area contributed by atoms with Gasteiger partial charge in [0.2, 0.25) is 0 Å². The molecule has 0 aromatic heterocycles. The topological polar surface area (TPSA) is 46.3 Å². The van der Waals surface area contributed by atoms with Crippen molar-refractivity contribution in [1.82, 2.24) is 4.90 Å². The third-order valence-corrected chi connectivity index (χ3v) is 2.30. The molecule has 2 N–H and O–H groups in total. The first-order valence-corrected chi connectivity index (χ1v) is 5.08. The number of nitrogens with two attached hydrogens (primary N) is 1. The first-order valence-electron chi connectivity index (χ1n) is 5.08. The SMILES string of the molecule is Cc1c(C#CCN)cccc1C(=O)N(C)C. The number of nitrogens with zero attached hydrogens (tertiary/aromatic N) is 1. The summed E-state index contributed by atoms with van der Waals surface area (Å²) >= 11 is 0. The summed E-state index contributed by atoms with van der Waals surface area (Å²) in [6.45, 7) is 2.22. The average molecular weight is 216 g/mol. The van der Waals surface area contributed by atoms with Gasteiger partial charge in [-0.1, -0.05) is 17.9 Å². The molecule has 0 atom stereocenters. The predicted octanol–water partition coefficient (Wildman–Crippen LogP) is 1.01. The first-order chi connectivity index (χ1) is 7.57. The van der Waals surface area contributed by atoms with E-state index in [1.807, 2.05) is 25.1 Å². The maximum absolute atomic E-state index is 11.8. The van der Waals surface area contributed by atoms with E-state index in [1.165, 1.54) is 0 Å². The van der Waals surface area contributed by atoms with Crippen LogP contribution in [-0.4, -0.2) is 31.4 Å². The highest BCUT2D eigenvalue weighted by molar-refractivity contribution is 5.95. The second-order valence-electron chi connectivity index (χ2n) is 3.68. The molecule has 3 nitrogen and oxygen atoms in total. The largest absolute Gasteiger partial charge is 0.345 e. The predicted molar refractivity (Wildman–Crippen MR) is 65.1 cm³/mol. The number of hydrogen-bond acceptors (Lipinski definition) is 2. The van der Waals surface area contributed by atoms with Gasteiger partial charge in [-0.25, -0.2) is 0 Å². The lowest BCUT2D eigenvalue weighted by molar-refractivity contribution is 0.0827. The molecule has 3 heteroatoms. The molecular weight excluding hydrogens is 200 g/mol. The van der Waals surface area contributed by atoms with E-state index in [0.29, 0.717) is 12.1 Å². The fourth-order valence-electron chi connectivity index (χ4n) is 1.39. The van der Waals surface area contributed by atoms with Crippen molar-refractivity contribution < 1.29 is 4.79 Å². The molecule has 1 amide bonds. The molecule has 0 spiro atoms. The van der Waals surface area contributed by atoms with Gasteiger partial charge in [0.1, 0.15) is 0 Å². The van der Waals surface area contributed by atoms with E-state index < -0.39 is 0 Å². The molecule has 0 saturated carbocycles. The molecule has 0 aliphatic carbocycles. The lowest BCUT2D eigenvalue weighted by atomic mass is 10.0. The minimum absolute atomic E-state index is 0.00565. The van der Waals surface area contributed by atoms with Gasteiger partial charge in [0.25, 0.3) is 5.91 Å². The number of carbonyl (C=O) groups is 1. The zero-order chi connectivity index (χ0) is 12.1. The molecule has 0 fully saturated rings. The Kier molecular flexibility index (Phi) is 4.10. The van der Waals surface area contributed by atoms with Crippen LogP contribution >= 0.6 is 0 Å². The van der Waals surface area contributed by atoms with E-state index in [9.17, 15) is 4.79 Å². The van der Waals surface area contributed by atoms with E-state index in [1.54, 1.807) is 19.0 Å². The van der Waals surface area contributed by atoms with Crippen LogP contribution in [0.15, 0.2) is 18.2 Å². The molecule has 0 heterocycles. The fourth-order valence-corrected chi connectivity index (χ4v) is 1.39. The summed E-state index contributed by atoms with van der Waals surface area (Å²) in [6, 6.07) is 5.54. The Balaban J connectivity index is 3.18.